The van der Waals surface area contributed by atoms with E-state index in [-0.39, 0.29) is 5.82 Å². The van der Waals surface area contributed by atoms with Crippen LogP contribution in [0.3, 0.4) is 0 Å². The van der Waals surface area contributed by atoms with Crippen molar-refractivity contribution < 1.29 is 4.39 Å². The lowest BCUT2D eigenvalue weighted by atomic mass is 9.91. The van der Waals surface area contributed by atoms with Crippen molar-refractivity contribution in [3.8, 4) is 11.1 Å². The van der Waals surface area contributed by atoms with Gasteiger partial charge in [0.15, 0.2) is 0 Å². The minimum Gasteiger partial charge on any atom is -0.317 e. The van der Waals surface area contributed by atoms with Crippen molar-refractivity contribution in [2.75, 3.05) is 13.1 Å². The van der Waals surface area contributed by atoms with E-state index in [1.54, 1.807) is 0 Å². The molecule has 0 amide bonds. The molecule has 1 aliphatic heterocycles. The average molecular weight is 259 g/mol. The van der Waals surface area contributed by atoms with E-state index in [4.69, 9.17) is 0 Å². The molecule has 0 radical (unpaired) electrons. The van der Waals surface area contributed by atoms with Crippen molar-refractivity contribution >= 4 is 0 Å². The molecule has 2 N–H and O–H groups in total. The molecule has 0 spiro atoms. The molecule has 1 saturated heterocycles. The second-order valence-electron chi connectivity index (χ2n) is 5.17. The monoisotopic (exact) mass is 259 g/mol. The van der Waals surface area contributed by atoms with E-state index in [9.17, 15) is 4.39 Å². The molecule has 19 heavy (non-hydrogen) atoms. The van der Waals surface area contributed by atoms with Crippen LogP contribution in [-0.2, 0) is 6.42 Å². The summed E-state index contributed by atoms with van der Waals surface area (Å²) in [5, 5.41) is 10.6. The predicted molar refractivity (Wildman–Crippen MR) is 73.3 cm³/mol. The second-order valence-corrected chi connectivity index (χ2v) is 5.17. The third kappa shape index (κ3) is 2.84. The summed E-state index contributed by atoms with van der Waals surface area (Å²) in [5.74, 6) is 0.507. The molecule has 1 fully saturated rings. The number of nitrogens with zero attached hydrogens (tertiary/aromatic N) is 1. The zero-order valence-electron chi connectivity index (χ0n) is 10.8. The van der Waals surface area contributed by atoms with Crippen LogP contribution in [0.1, 0.15) is 18.5 Å². The molecular formula is C15H18FN3. The zero-order valence-corrected chi connectivity index (χ0v) is 10.8. The smallest absolute Gasteiger partial charge is 0.123 e. The normalized spacial score (nSPS) is 16.7. The Morgan fingerprint density at radius 3 is 2.63 bits per heavy atom. The summed E-state index contributed by atoms with van der Waals surface area (Å²) in [6.45, 7) is 2.20. The van der Waals surface area contributed by atoms with Crippen LogP contribution in [0.25, 0.3) is 11.1 Å². The first-order valence-corrected chi connectivity index (χ1v) is 6.82. The standard InChI is InChI=1S/C15H18FN3/c16-13-3-1-12(2-4-13)14-10-18-19-15(14)9-11-5-7-17-8-6-11/h1-4,10-11,17H,5-9H2,(H,18,19). The maximum Gasteiger partial charge on any atom is 0.123 e. The number of halogens is 1. The van der Waals surface area contributed by atoms with Crippen LogP contribution >= 0.6 is 0 Å². The first-order valence-electron chi connectivity index (χ1n) is 6.82. The molecule has 0 bridgehead atoms. The Labute approximate surface area is 112 Å². The van der Waals surface area contributed by atoms with Crippen molar-refractivity contribution in [2.24, 2.45) is 5.92 Å². The maximum absolute atomic E-state index is 13.0. The number of hydrogen-bond acceptors (Lipinski definition) is 2. The summed E-state index contributed by atoms with van der Waals surface area (Å²) in [5.41, 5.74) is 3.29. The Hall–Kier alpha value is -1.68. The van der Waals surface area contributed by atoms with Crippen molar-refractivity contribution in [3.05, 3.63) is 42.0 Å². The second kappa shape index (κ2) is 5.53. The van der Waals surface area contributed by atoms with Crippen molar-refractivity contribution in [3.63, 3.8) is 0 Å². The fourth-order valence-electron chi connectivity index (χ4n) is 2.72. The van der Waals surface area contributed by atoms with Crippen molar-refractivity contribution in [1.29, 1.82) is 0 Å². The Balaban J connectivity index is 1.79. The molecule has 3 nitrogen and oxygen atoms in total. The summed E-state index contributed by atoms with van der Waals surface area (Å²) in [7, 11) is 0. The number of hydrogen-bond donors (Lipinski definition) is 2. The first kappa shape index (κ1) is 12.4. The molecule has 3 rings (SSSR count). The lowest BCUT2D eigenvalue weighted by molar-refractivity contribution is 0.370. The minimum atomic E-state index is -0.202. The fourth-order valence-corrected chi connectivity index (χ4v) is 2.72. The highest BCUT2D eigenvalue weighted by Crippen LogP contribution is 2.26. The Kier molecular flexibility index (Phi) is 3.60. The Morgan fingerprint density at radius 2 is 1.89 bits per heavy atom. The van der Waals surface area contributed by atoms with Crippen LogP contribution in [0.15, 0.2) is 30.5 Å². The number of rotatable bonds is 3. The number of benzene rings is 1. The topological polar surface area (TPSA) is 40.7 Å². The van der Waals surface area contributed by atoms with Gasteiger partial charge >= 0.3 is 0 Å². The van der Waals surface area contributed by atoms with Gasteiger partial charge in [-0.1, -0.05) is 12.1 Å². The number of piperidine rings is 1. The van der Waals surface area contributed by atoms with Gasteiger partial charge in [0.1, 0.15) is 5.82 Å². The quantitative estimate of drug-likeness (QED) is 0.890. The number of aromatic amines is 1. The van der Waals surface area contributed by atoms with Crippen LogP contribution < -0.4 is 5.32 Å². The van der Waals surface area contributed by atoms with E-state index in [0.29, 0.717) is 5.92 Å². The highest BCUT2D eigenvalue weighted by atomic mass is 19.1. The summed E-state index contributed by atoms with van der Waals surface area (Å²) >= 11 is 0. The third-order valence-electron chi connectivity index (χ3n) is 3.83. The molecule has 2 heterocycles. The minimum absolute atomic E-state index is 0.202. The molecular weight excluding hydrogens is 241 g/mol. The van der Waals surface area contributed by atoms with E-state index in [0.717, 1.165) is 30.6 Å². The van der Waals surface area contributed by atoms with E-state index >= 15 is 0 Å². The van der Waals surface area contributed by atoms with Gasteiger partial charge in [-0.25, -0.2) is 4.39 Å². The Bertz CT molecular complexity index is 527. The lowest BCUT2D eigenvalue weighted by Gasteiger charge is -2.22. The van der Waals surface area contributed by atoms with Crippen molar-refractivity contribution in [1.82, 2.24) is 15.5 Å². The van der Waals surface area contributed by atoms with Crippen LogP contribution in [0, 0.1) is 11.7 Å². The number of nitrogens with one attached hydrogen (secondary N) is 2. The van der Waals surface area contributed by atoms with E-state index in [2.05, 4.69) is 15.5 Å². The SMILES string of the molecule is Fc1ccc(-c2cn[nH]c2CC2CCNCC2)cc1. The predicted octanol–water partition coefficient (Wildman–Crippen LogP) is 2.76. The van der Waals surface area contributed by atoms with Gasteiger partial charge in [-0.2, -0.15) is 5.10 Å². The van der Waals surface area contributed by atoms with Crippen LogP contribution in [0.2, 0.25) is 0 Å². The largest absolute Gasteiger partial charge is 0.317 e. The summed E-state index contributed by atoms with van der Waals surface area (Å²) in [4.78, 5) is 0. The van der Waals surface area contributed by atoms with Crippen molar-refractivity contribution in [2.45, 2.75) is 19.3 Å². The molecule has 2 aromatic rings. The first-order chi connectivity index (χ1) is 9.33. The maximum atomic E-state index is 13.0. The number of H-pyrrole nitrogens is 1. The van der Waals surface area contributed by atoms with E-state index < -0.39 is 0 Å². The molecule has 4 heteroatoms. The van der Waals surface area contributed by atoms with Crippen LogP contribution in [-0.4, -0.2) is 23.3 Å². The Morgan fingerprint density at radius 1 is 1.16 bits per heavy atom. The van der Waals surface area contributed by atoms with Gasteiger partial charge in [-0.05, 0) is 56.0 Å². The van der Waals surface area contributed by atoms with Crippen LogP contribution in [0.5, 0.6) is 0 Å². The summed E-state index contributed by atoms with van der Waals surface area (Å²) in [6.07, 6.45) is 5.28. The van der Waals surface area contributed by atoms with Crippen LogP contribution in [0.4, 0.5) is 4.39 Å². The van der Waals surface area contributed by atoms with E-state index in [1.165, 1.54) is 30.7 Å². The van der Waals surface area contributed by atoms with E-state index in [1.807, 2.05) is 18.3 Å². The fraction of sp³-hybridized carbons (Fsp3) is 0.400. The van der Waals surface area contributed by atoms with Gasteiger partial charge in [-0.3, -0.25) is 5.10 Å². The molecule has 100 valence electrons. The third-order valence-corrected chi connectivity index (χ3v) is 3.83. The summed E-state index contributed by atoms with van der Waals surface area (Å²) < 4.78 is 13.0. The molecule has 0 aliphatic carbocycles. The molecule has 1 aromatic carbocycles. The molecule has 0 atom stereocenters. The molecule has 0 saturated carbocycles. The van der Waals surface area contributed by atoms with Gasteiger partial charge in [0.05, 0.1) is 6.20 Å². The molecule has 0 unspecified atom stereocenters. The number of aromatic nitrogens is 2. The van der Waals surface area contributed by atoms with Gasteiger partial charge in [-0.15, -0.1) is 0 Å². The van der Waals surface area contributed by atoms with Gasteiger partial charge < -0.3 is 5.32 Å². The van der Waals surface area contributed by atoms with Gasteiger partial charge in [0.25, 0.3) is 0 Å². The molecule has 1 aliphatic rings. The highest BCUT2D eigenvalue weighted by molar-refractivity contribution is 5.65. The highest BCUT2D eigenvalue weighted by Gasteiger charge is 2.17. The average Bonchev–Trinajstić information content (AvgIpc) is 2.89. The molecule has 1 aromatic heterocycles. The van der Waals surface area contributed by atoms with Gasteiger partial charge in [0.2, 0.25) is 0 Å². The zero-order chi connectivity index (χ0) is 13.1. The summed E-state index contributed by atoms with van der Waals surface area (Å²) in [6, 6.07) is 6.62. The lowest BCUT2D eigenvalue weighted by Crippen LogP contribution is -2.28. The van der Waals surface area contributed by atoms with Gasteiger partial charge in [0, 0.05) is 11.3 Å².